The smallest absolute Gasteiger partial charge is 0.0590 e. The average molecular weight is 236 g/mol. The van der Waals surface area contributed by atoms with Crippen LogP contribution in [0.2, 0.25) is 0 Å². The zero-order valence-corrected chi connectivity index (χ0v) is 11.4. The largest absolute Gasteiger partial charge is 0.380 e. The van der Waals surface area contributed by atoms with Crippen LogP contribution in [0.5, 0.6) is 0 Å². The van der Waals surface area contributed by atoms with Gasteiger partial charge in [0.05, 0.1) is 6.61 Å². The van der Waals surface area contributed by atoms with Gasteiger partial charge in [-0.2, -0.15) is 0 Å². The molecule has 3 heteroatoms. The van der Waals surface area contributed by atoms with Crippen LogP contribution in [-0.2, 0) is 4.74 Å². The Hall–Kier alpha value is 0.210. The summed E-state index contributed by atoms with van der Waals surface area (Å²) in [6, 6.07) is 0. The van der Waals surface area contributed by atoms with Gasteiger partial charge >= 0.3 is 0 Å². The molecule has 0 aromatic heterocycles. The number of halogens is 1. The van der Waals surface area contributed by atoms with Gasteiger partial charge in [-0.05, 0) is 17.8 Å². The molecule has 0 saturated heterocycles. The number of hydrogen-bond acceptors (Lipinski definition) is 2. The second-order valence-corrected chi connectivity index (χ2v) is 5.54. The Morgan fingerprint density at radius 3 is 2.47 bits per heavy atom. The molecule has 0 unspecified atom stereocenters. The fourth-order valence-corrected chi connectivity index (χ4v) is 1.13. The van der Waals surface area contributed by atoms with Crippen molar-refractivity contribution in [3.8, 4) is 0 Å². The topological polar surface area (TPSA) is 21.3 Å². The SMILES string of the molecule is CC(C)CCOCCNCC(C)(C)CCl. The quantitative estimate of drug-likeness (QED) is 0.490. The number of hydrogen-bond donors (Lipinski definition) is 1. The van der Waals surface area contributed by atoms with E-state index in [1.165, 1.54) is 0 Å². The zero-order chi connectivity index (χ0) is 11.7. The molecule has 0 bridgehead atoms. The van der Waals surface area contributed by atoms with E-state index in [9.17, 15) is 0 Å². The minimum atomic E-state index is 0.180. The van der Waals surface area contributed by atoms with Crippen molar-refractivity contribution in [3.05, 3.63) is 0 Å². The number of alkyl halides is 1. The standard InChI is InChI=1S/C12H26ClNO/c1-11(2)5-7-15-8-6-14-10-12(3,4)9-13/h11,14H,5-10H2,1-4H3. The first-order chi connectivity index (χ1) is 6.98. The Labute approximate surface area is 99.7 Å². The highest BCUT2D eigenvalue weighted by molar-refractivity contribution is 6.18. The first-order valence-electron chi connectivity index (χ1n) is 5.82. The molecule has 0 heterocycles. The summed E-state index contributed by atoms with van der Waals surface area (Å²) in [4.78, 5) is 0. The van der Waals surface area contributed by atoms with Gasteiger partial charge < -0.3 is 10.1 Å². The third-order valence-electron chi connectivity index (χ3n) is 2.23. The molecule has 0 aromatic rings. The van der Waals surface area contributed by atoms with Crippen LogP contribution < -0.4 is 5.32 Å². The van der Waals surface area contributed by atoms with Crippen molar-refractivity contribution in [2.24, 2.45) is 11.3 Å². The van der Waals surface area contributed by atoms with E-state index in [2.05, 4.69) is 33.0 Å². The lowest BCUT2D eigenvalue weighted by molar-refractivity contribution is 0.123. The highest BCUT2D eigenvalue weighted by Crippen LogP contribution is 2.14. The molecular formula is C12H26ClNO. The molecule has 0 atom stereocenters. The molecule has 0 fully saturated rings. The summed E-state index contributed by atoms with van der Waals surface area (Å²) in [6.45, 7) is 12.3. The van der Waals surface area contributed by atoms with Gasteiger partial charge in [-0.1, -0.05) is 27.7 Å². The molecule has 0 spiro atoms. The molecule has 15 heavy (non-hydrogen) atoms. The van der Waals surface area contributed by atoms with Gasteiger partial charge in [-0.3, -0.25) is 0 Å². The van der Waals surface area contributed by atoms with Crippen LogP contribution in [0.1, 0.15) is 34.1 Å². The van der Waals surface area contributed by atoms with Gasteiger partial charge in [0.25, 0.3) is 0 Å². The highest BCUT2D eigenvalue weighted by atomic mass is 35.5. The molecule has 2 nitrogen and oxygen atoms in total. The van der Waals surface area contributed by atoms with Crippen LogP contribution in [-0.4, -0.2) is 32.2 Å². The number of ether oxygens (including phenoxy) is 1. The van der Waals surface area contributed by atoms with Crippen molar-refractivity contribution in [2.45, 2.75) is 34.1 Å². The Balaban J connectivity index is 3.18. The van der Waals surface area contributed by atoms with E-state index in [1.54, 1.807) is 0 Å². The minimum absolute atomic E-state index is 0.180. The molecule has 0 amide bonds. The molecule has 0 aliphatic heterocycles. The van der Waals surface area contributed by atoms with E-state index >= 15 is 0 Å². The summed E-state index contributed by atoms with van der Waals surface area (Å²) in [7, 11) is 0. The Morgan fingerprint density at radius 2 is 1.93 bits per heavy atom. The van der Waals surface area contributed by atoms with Crippen LogP contribution in [0.4, 0.5) is 0 Å². The van der Waals surface area contributed by atoms with Crippen molar-refractivity contribution in [2.75, 3.05) is 32.2 Å². The van der Waals surface area contributed by atoms with Crippen LogP contribution in [0.3, 0.4) is 0 Å². The fraction of sp³-hybridized carbons (Fsp3) is 1.00. The van der Waals surface area contributed by atoms with E-state index < -0.39 is 0 Å². The third kappa shape index (κ3) is 10.5. The first-order valence-corrected chi connectivity index (χ1v) is 6.36. The summed E-state index contributed by atoms with van der Waals surface area (Å²) < 4.78 is 5.50. The van der Waals surface area contributed by atoms with Crippen LogP contribution in [0.25, 0.3) is 0 Å². The Morgan fingerprint density at radius 1 is 1.27 bits per heavy atom. The normalized spacial score (nSPS) is 12.4. The maximum atomic E-state index is 5.82. The van der Waals surface area contributed by atoms with E-state index in [0.29, 0.717) is 5.88 Å². The lowest BCUT2D eigenvalue weighted by atomic mass is 9.97. The van der Waals surface area contributed by atoms with Gasteiger partial charge in [0.15, 0.2) is 0 Å². The second-order valence-electron chi connectivity index (χ2n) is 5.27. The lowest BCUT2D eigenvalue weighted by Crippen LogP contribution is -2.32. The maximum absolute atomic E-state index is 5.82. The summed E-state index contributed by atoms with van der Waals surface area (Å²) in [5.74, 6) is 1.42. The lowest BCUT2D eigenvalue weighted by Gasteiger charge is -2.21. The van der Waals surface area contributed by atoms with Crippen molar-refractivity contribution in [3.63, 3.8) is 0 Å². The second kappa shape index (κ2) is 8.37. The zero-order valence-electron chi connectivity index (χ0n) is 10.6. The van der Waals surface area contributed by atoms with Crippen LogP contribution in [0.15, 0.2) is 0 Å². The summed E-state index contributed by atoms with van der Waals surface area (Å²) in [5, 5.41) is 3.36. The number of nitrogens with one attached hydrogen (secondary N) is 1. The molecule has 0 aromatic carbocycles. The van der Waals surface area contributed by atoms with Crippen LogP contribution in [0, 0.1) is 11.3 Å². The minimum Gasteiger partial charge on any atom is -0.380 e. The fourth-order valence-electron chi connectivity index (χ4n) is 1.04. The van der Waals surface area contributed by atoms with Crippen molar-refractivity contribution < 1.29 is 4.74 Å². The highest BCUT2D eigenvalue weighted by Gasteiger charge is 2.14. The van der Waals surface area contributed by atoms with Gasteiger partial charge in [-0.15, -0.1) is 11.6 Å². The predicted molar refractivity (Wildman–Crippen MR) is 67.6 cm³/mol. The molecule has 0 saturated carbocycles. The summed E-state index contributed by atoms with van der Waals surface area (Å²) in [6.07, 6.45) is 1.15. The van der Waals surface area contributed by atoms with Crippen molar-refractivity contribution >= 4 is 11.6 Å². The maximum Gasteiger partial charge on any atom is 0.0590 e. The van der Waals surface area contributed by atoms with E-state index in [-0.39, 0.29) is 5.41 Å². The van der Waals surface area contributed by atoms with E-state index in [4.69, 9.17) is 16.3 Å². The Kier molecular flexibility index (Phi) is 8.49. The molecule has 0 radical (unpaired) electrons. The molecular weight excluding hydrogens is 210 g/mol. The molecule has 0 aliphatic rings. The Bertz CT molecular complexity index is 149. The summed E-state index contributed by atoms with van der Waals surface area (Å²) >= 11 is 5.82. The van der Waals surface area contributed by atoms with Crippen molar-refractivity contribution in [1.29, 1.82) is 0 Å². The van der Waals surface area contributed by atoms with E-state index in [1.807, 2.05) is 0 Å². The molecule has 0 aliphatic carbocycles. The molecule has 92 valence electrons. The third-order valence-corrected chi connectivity index (χ3v) is 2.95. The monoisotopic (exact) mass is 235 g/mol. The number of rotatable bonds is 9. The van der Waals surface area contributed by atoms with Gasteiger partial charge in [-0.25, -0.2) is 0 Å². The summed E-state index contributed by atoms with van der Waals surface area (Å²) in [5.41, 5.74) is 0.180. The molecule has 0 rings (SSSR count). The van der Waals surface area contributed by atoms with Gasteiger partial charge in [0.2, 0.25) is 0 Å². The predicted octanol–water partition coefficient (Wildman–Crippen LogP) is 2.90. The van der Waals surface area contributed by atoms with Gasteiger partial charge in [0, 0.05) is 25.6 Å². The van der Waals surface area contributed by atoms with Gasteiger partial charge in [0.1, 0.15) is 0 Å². The first kappa shape index (κ1) is 15.2. The van der Waals surface area contributed by atoms with Crippen molar-refractivity contribution in [1.82, 2.24) is 5.32 Å². The van der Waals surface area contributed by atoms with Crippen LogP contribution >= 0.6 is 11.6 Å². The van der Waals surface area contributed by atoms with E-state index in [0.717, 1.165) is 38.6 Å². The average Bonchev–Trinajstić information content (AvgIpc) is 2.16. The molecule has 1 N–H and O–H groups in total.